The van der Waals surface area contributed by atoms with Gasteiger partial charge < -0.3 is 40.5 Å². The van der Waals surface area contributed by atoms with Crippen LogP contribution in [0.2, 0.25) is 0 Å². The second kappa shape index (κ2) is 23.2. The lowest BCUT2D eigenvalue weighted by Gasteiger charge is -2.19. The number of rotatable bonds is 20. The summed E-state index contributed by atoms with van der Waals surface area (Å²) in [7, 11) is 0. The third kappa shape index (κ3) is 13.3. The predicted octanol–water partition coefficient (Wildman–Crippen LogP) is 6.30. The zero-order chi connectivity index (χ0) is 41.3. The maximum Gasteiger partial charge on any atom is 0.240 e. The molecule has 2 aliphatic heterocycles. The number of carbonyl (C=O) groups is 2. The Morgan fingerprint density at radius 1 is 0.638 bits per heavy atom. The van der Waals surface area contributed by atoms with Crippen LogP contribution in [0.5, 0.6) is 0 Å². The van der Waals surface area contributed by atoms with Gasteiger partial charge in [0.15, 0.2) is 0 Å². The molecule has 2 amide bonds. The van der Waals surface area contributed by atoms with Gasteiger partial charge in [-0.2, -0.15) is 9.97 Å². The molecule has 6 N–H and O–H groups in total. The van der Waals surface area contributed by atoms with E-state index in [0.717, 1.165) is 47.9 Å². The summed E-state index contributed by atoms with van der Waals surface area (Å²) in [6.45, 7) is 9.60. The molecule has 6 atom stereocenters. The molecule has 0 bridgehead atoms. The smallest absolute Gasteiger partial charge is 0.240 e. The van der Waals surface area contributed by atoms with Gasteiger partial charge in [-0.3, -0.25) is 9.59 Å². The van der Waals surface area contributed by atoms with Crippen molar-refractivity contribution in [3.8, 4) is 22.8 Å². The van der Waals surface area contributed by atoms with Gasteiger partial charge in [0, 0.05) is 24.0 Å². The molecular weight excluding hydrogens is 737 g/mol. The molecule has 2 saturated heterocycles. The van der Waals surface area contributed by atoms with Crippen LogP contribution in [0.3, 0.4) is 0 Å². The minimum atomic E-state index is -0.622. The van der Waals surface area contributed by atoms with Crippen molar-refractivity contribution in [2.75, 3.05) is 13.1 Å². The lowest BCUT2D eigenvalue weighted by Crippen LogP contribution is -2.46. The molecule has 0 radical (unpaired) electrons. The Bertz CT molecular complexity index is 1680. The molecule has 2 unspecified atom stereocenters. The van der Waals surface area contributed by atoms with Crippen LogP contribution in [0, 0.1) is 0 Å². The number of nitrogens with zero attached hydrogens (tertiary/aromatic N) is 4. The molecule has 6 rings (SSSR count). The lowest BCUT2D eigenvalue weighted by atomic mass is 10.0. The Balaban J connectivity index is 0.000000221. The van der Waals surface area contributed by atoms with E-state index in [0.29, 0.717) is 49.4 Å². The first-order chi connectivity index (χ1) is 28.2. The van der Waals surface area contributed by atoms with E-state index < -0.39 is 24.3 Å². The van der Waals surface area contributed by atoms with Crippen molar-refractivity contribution in [2.45, 2.75) is 154 Å². The number of hydrogen-bond donors (Lipinski definition) is 6. The molecule has 2 aliphatic rings. The summed E-state index contributed by atoms with van der Waals surface area (Å²) in [4.78, 5) is 33.6. The Hall–Kier alpha value is -4.50. The highest BCUT2D eigenvalue weighted by molar-refractivity contribution is 5.83. The average molecular weight is 801 g/mol. The van der Waals surface area contributed by atoms with Crippen molar-refractivity contribution in [1.29, 1.82) is 0 Å². The highest BCUT2D eigenvalue weighted by Crippen LogP contribution is 2.23. The molecule has 4 heterocycles. The van der Waals surface area contributed by atoms with Crippen LogP contribution in [0.1, 0.15) is 140 Å². The molecule has 4 aromatic rings. The topological polar surface area (TPSA) is 201 Å². The van der Waals surface area contributed by atoms with E-state index >= 15 is 0 Å². The maximum absolute atomic E-state index is 12.3. The number of aliphatic hydroxyl groups is 2. The largest absolute Gasteiger partial charge is 0.391 e. The number of benzene rings is 2. The summed E-state index contributed by atoms with van der Waals surface area (Å²) in [5, 5.41) is 39.9. The standard InChI is InChI=1S/2C22H32N4O3/c2*1-3-4-5-6-7-8-19-25-21(26-29-19)17-11-9-16(10-12-17)15(2)24-22(28)20-18(27)13-14-23-20/h2*9-12,15,18,20,23,27H,3-8,13-14H2,1-2H3,(H,24,28)/t15-,18?,20?;15-,18-,20-/m10/s1. The van der Waals surface area contributed by atoms with E-state index in [-0.39, 0.29) is 23.9 Å². The van der Waals surface area contributed by atoms with E-state index in [4.69, 9.17) is 9.05 Å². The number of nitrogens with one attached hydrogen (secondary N) is 4. The summed E-state index contributed by atoms with van der Waals surface area (Å²) in [6, 6.07) is 14.2. The SMILES string of the molecule is CCCCCCCc1nc(-c2ccc([C@@H](C)NC(=O)C3NCCC3O)cc2)no1.CCCCCCCc1nc(-c2ccc([C@H](C)NC(=O)[C@H]3NCC[C@@H]3O)cc2)no1. The first-order valence-electron chi connectivity index (χ1n) is 21.5. The number of amides is 2. The van der Waals surface area contributed by atoms with E-state index in [1.54, 1.807) is 0 Å². The van der Waals surface area contributed by atoms with Gasteiger partial charge in [0.25, 0.3) is 0 Å². The summed E-state index contributed by atoms with van der Waals surface area (Å²) in [5.41, 5.74) is 3.74. The van der Waals surface area contributed by atoms with Crippen molar-refractivity contribution >= 4 is 11.8 Å². The molecule has 58 heavy (non-hydrogen) atoms. The Kier molecular flexibility index (Phi) is 17.8. The summed E-state index contributed by atoms with van der Waals surface area (Å²) in [5.74, 6) is 2.21. The van der Waals surface area contributed by atoms with Crippen molar-refractivity contribution in [3.05, 3.63) is 71.4 Å². The van der Waals surface area contributed by atoms with Gasteiger partial charge >= 0.3 is 0 Å². The minimum absolute atomic E-state index is 0.157. The second-order valence-corrected chi connectivity index (χ2v) is 15.6. The van der Waals surface area contributed by atoms with Crippen LogP contribution < -0.4 is 21.3 Å². The summed E-state index contributed by atoms with van der Waals surface area (Å²) >= 11 is 0. The highest BCUT2D eigenvalue weighted by Gasteiger charge is 2.32. The number of aromatic nitrogens is 4. The van der Waals surface area contributed by atoms with E-state index in [1.165, 1.54) is 51.4 Å². The van der Waals surface area contributed by atoms with Crippen molar-refractivity contribution in [2.24, 2.45) is 0 Å². The van der Waals surface area contributed by atoms with E-state index in [2.05, 4.69) is 55.4 Å². The number of carbonyl (C=O) groups excluding carboxylic acids is 2. The van der Waals surface area contributed by atoms with E-state index in [9.17, 15) is 19.8 Å². The fourth-order valence-electron chi connectivity index (χ4n) is 7.24. The first kappa shape index (κ1) is 44.6. The number of aliphatic hydroxyl groups excluding tert-OH is 2. The third-order valence-corrected chi connectivity index (χ3v) is 10.9. The summed E-state index contributed by atoms with van der Waals surface area (Å²) < 4.78 is 10.7. The normalized spacial score (nSPS) is 20.0. The highest BCUT2D eigenvalue weighted by atomic mass is 16.5. The molecule has 14 nitrogen and oxygen atoms in total. The zero-order valence-electron chi connectivity index (χ0n) is 34.7. The molecule has 316 valence electrons. The fraction of sp³-hybridized carbons (Fsp3) is 0.591. The number of aryl methyl sites for hydroxylation is 2. The van der Waals surface area contributed by atoms with Crippen molar-refractivity contribution in [3.63, 3.8) is 0 Å². The fourth-order valence-corrected chi connectivity index (χ4v) is 7.24. The van der Waals surface area contributed by atoms with Crippen LogP contribution in [-0.4, -0.2) is 79.7 Å². The van der Waals surface area contributed by atoms with Gasteiger partial charge in [0.05, 0.1) is 24.3 Å². The first-order valence-corrected chi connectivity index (χ1v) is 21.5. The van der Waals surface area contributed by atoms with Gasteiger partial charge in [-0.05, 0) is 63.7 Å². The van der Waals surface area contributed by atoms with E-state index in [1.807, 2.05) is 62.4 Å². The number of hydrogen-bond acceptors (Lipinski definition) is 12. The maximum atomic E-state index is 12.3. The van der Waals surface area contributed by atoms with Crippen LogP contribution in [0.4, 0.5) is 0 Å². The van der Waals surface area contributed by atoms with Gasteiger partial charge in [0.1, 0.15) is 12.1 Å². The Morgan fingerprint density at radius 2 is 1.02 bits per heavy atom. The molecule has 2 aromatic heterocycles. The average Bonchev–Trinajstić information content (AvgIpc) is 4.07. The predicted molar refractivity (Wildman–Crippen MR) is 222 cm³/mol. The molecule has 0 saturated carbocycles. The van der Waals surface area contributed by atoms with Crippen LogP contribution >= 0.6 is 0 Å². The van der Waals surface area contributed by atoms with Gasteiger partial charge in [-0.25, -0.2) is 0 Å². The molecule has 14 heteroatoms. The Morgan fingerprint density at radius 3 is 1.36 bits per heavy atom. The van der Waals surface area contributed by atoms with Crippen LogP contribution in [0.15, 0.2) is 57.6 Å². The van der Waals surface area contributed by atoms with Gasteiger partial charge in [-0.1, -0.05) is 124 Å². The van der Waals surface area contributed by atoms with Crippen LogP contribution in [-0.2, 0) is 22.4 Å². The van der Waals surface area contributed by atoms with Gasteiger partial charge in [-0.15, -0.1) is 0 Å². The molecule has 2 fully saturated rings. The monoisotopic (exact) mass is 800 g/mol. The summed E-state index contributed by atoms with van der Waals surface area (Å²) in [6.07, 6.45) is 13.7. The Labute approximate surface area is 342 Å². The lowest BCUT2D eigenvalue weighted by molar-refractivity contribution is -0.126. The van der Waals surface area contributed by atoms with Crippen molar-refractivity contribution < 1.29 is 28.8 Å². The van der Waals surface area contributed by atoms with Crippen LogP contribution in [0.25, 0.3) is 22.8 Å². The molecule has 2 aromatic carbocycles. The van der Waals surface area contributed by atoms with Crippen molar-refractivity contribution in [1.82, 2.24) is 41.5 Å². The minimum Gasteiger partial charge on any atom is -0.391 e. The van der Waals surface area contributed by atoms with Gasteiger partial charge in [0.2, 0.25) is 35.2 Å². The second-order valence-electron chi connectivity index (χ2n) is 15.6. The molecule has 0 aliphatic carbocycles. The molecular formula is C44H64N8O6. The quantitative estimate of drug-likeness (QED) is 0.0546. The number of unbranched alkanes of at least 4 members (excludes halogenated alkanes) is 8. The molecule has 0 spiro atoms. The third-order valence-electron chi connectivity index (χ3n) is 10.9. The zero-order valence-corrected chi connectivity index (χ0v) is 34.7.